The van der Waals surface area contributed by atoms with Gasteiger partial charge in [-0.25, -0.2) is 0 Å². The van der Waals surface area contributed by atoms with Crippen LogP contribution in [0.25, 0.3) is 0 Å². The van der Waals surface area contributed by atoms with Crippen molar-refractivity contribution in [3.05, 3.63) is 24.1 Å². The van der Waals surface area contributed by atoms with E-state index in [0.717, 1.165) is 25.9 Å². The molecule has 0 aromatic carbocycles. The molecule has 22 heavy (non-hydrogen) atoms. The second-order valence-electron chi connectivity index (χ2n) is 6.25. The molecule has 0 N–H and O–H groups in total. The predicted octanol–water partition coefficient (Wildman–Crippen LogP) is 1.68. The highest BCUT2D eigenvalue weighted by Gasteiger charge is 2.40. The minimum Gasteiger partial charge on any atom is -0.473 e. The highest BCUT2D eigenvalue weighted by molar-refractivity contribution is 5.84. The number of carbonyl (C=O) groups excluding carboxylic acids is 1. The summed E-state index contributed by atoms with van der Waals surface area (Å²) in [6, 6.07) is 4.77. The first-order valence-electron chi connectivity index (χ1n) is 7.88. The number of nitrogens with zero attached hydrogens (tertiary/aromatic N) is 3. The van der Waals surface area contributed by atoms with E-state index >= 15 is 0 Å². The molecule has 0 spiro atoms. The van der Waals surface area contributed by atoms with Crippen LogP contribution in [0.4, 0.5) is 4.39 Å². The topological polar surface area (TPSA) is 45.7 Å². The number of ether oxygens (including phenoxy) is 1. The van der Waals surface area contributed by atoms with Crippen LogP contribution >= 0.6 is 0 Å². The summed E-state index contributed by atoms with van der Waals surface area (Å²) in [6.07, 6.45) is 1.68. The fraction of sp³-hybridized carbons (Fsp3) is 0.625. The maximum absolute atomic E-state index is 13.1. The number of aromatic nitrogens is 1. The maximum atomic E-state index is 13.1. The Labute approximate surface area is 130 Å². The lowest BCUT2D eigenvalue weighted by atomic mass is 10.2. The summed E-state index contributed by atoms with van der Waals surface area (Å²) in [5.74, 6) is -0.00108. The Balaban J connectivity index is 1.58. The van der Waals surface area contributed by atoms with Gasteiger partial charge in [-0.3, -0.25) is 9.69 Å². The molecule has 2 atom stereocenters. The zero-order valence-corrected chi connectivity index (χ0v) is 13.0. The van der Waals surface area contributed by atoms with Gasteiger partial charge < -0.3 is 9.64 Å². The molecule has 2 fully saturated rings. The molecule has 2 unspecified atom stereocenters. The zero-order chi connectivity index (χ0) is 15.7. The first-order chi connectivity index (χ1) is 10.5. The van der Waals surface area contributed by atoms with Crippen LogP contribution in [0.5, 0.6) is 5.88 Å². The van der Waals surface area contributed by atoms with E-state index < -0.39 is 5.95 Å². The smallest absolute Gasteiger partial charge is 0.240 e. The van der Waals surface area contributed by atoms with Gasteiger partial charge in [0.1, 0.15) is 6.10 Å². The van der Waals surface area contributed by atoms with Gasteiger partial charge in [-0.05, 0) is 32.8 Å². The van der Waals surface area contributed by atoms with Crippen LogP contribution in [0.3, 0.4) is 0 Å². The van der Waals surface area contributed by atoms with Crippen LogP contribution in [0.2, 0.25) is 0 Å². The highest BCUT2D eigenvalue weighted by Crippen LogP contribution is 2.25. The molecular formula is C16H22FN3O2. The normalized spacial score (nSPS) is 26.2. The van der Waals surface area contributed by atoms with E-state index in [1.807, 2.05) is 18.7 Å². The van der Waals surface area contributed by atoms with Crippen LogP contribution in [-0.4, -0.2) is 58.5 Å². The minimum atomic E-state index is -0.536. The van der Waals surface area contributed by atoms with Gasteiger partial charge in [0.25, 0.3) is 0 Å². The van der Waals surface area contributed by atoms with E-state index in [1.54, 1.807) is 12.1 Å². The maximum Gasteiger partial charge on any atom is 0.240 e. The molecule has 1 amide bonds. The molecule has 0 saturated carbocycles. The fourth-order valence-electron chi connectivity index (χ4n) is 3.30. The Morgan fingerprint density at radius 2 is 2.14 bits per heavy atom. The van der Waals surface area contributed by atoms with Crippen LogP contribution in [-0.2, 0) is 4.79 Å². The van der Waals surface area contributed by atoms with Crippen molar-refractivity contribution in [2.24, 2.45) is 0 Å². The summed E-state index contributed by atoms with van der Waals surface area (Å²) >= 11 is 0. The Bertz CT molecular complexity index is 552. The largest absolute Gasteiger partial charge is 0.473 e. The number of amides is 1. The van der Waals surface area contributed by atoms with Crippen LogP contribution in [0.15, 0.2) is 18.2 Å². The highest BCUT2D eigenvalue weighted by atomic mass is 19.1. The Hall–Kier alpha value is -1.69. The molecule has 0 radical (unpaired) electrons. The summed E-state index contributed by atoms with van der Waals surface area (Å²) in [5.41, 5.74) is 0. The van der Waals surface area contributed by atoms with Gasteiger partial charge in [0.2, 0.25) is 17.7 Å². The minimum absolute atomic E-state index is 0.0310. The fourth-order valence-corrected chi connectivity index (χ4v) is 3.30. The number of carbonyl (C=O) groups is 1. The molecule has 3 heterocycles. The van der Waals surface area contributed by atoms with Crippen molar-refractivity contribution in [2.45, 2.75) is 44.9 Å². The van der Waals surface area contributed by atoms with Gasteiger partial charge in [-0.15, -0.1) is 0 Å². The predicted molar refractivity (Wildman–Crippen MR) is 80.1 cm³/mol. The zero-order valence-electron chi connectivity index (χ0n) is 13.0. The lowest BCUT2D eigenvalue weighted by Gasteiger charge is -2.25. The molecule has 2 aliphatic heterocycles. The molecule has 2 saturated heterocycles. The Kier molecular flexibility index (Phi) is 4.29. The van der Waals surface area contributed by atoms with Crippen molar-refractivity contribution >= 4 is 5.91 Å². The third kappa shape index (κ3) is 3.06. The van der Waals surface area contributed by atoms with Crippen LogP contribution in [0, 0.1) is 5.95 Å². The average molecular weight is 307 g/mol. The number of pyridine rings is 1. The third-order valence-corrected chi connectivity index (χ3v) is 4.43. The molecule has 3 rings (SSSR count). The van der Waals surface area contributed by atoms with E-state index in [4.69, 9.17) is 4.74 Å². The second kappa shape index (κ2) is 6.20. The monoisotopic (exact) mass is 307 g/mol. The second-order valence-corrected chi connectivity index (χ2v) is 6.25. The molecule has 120 valence electrons. The van der Waals surface area contributed by atoms with E-state index in [1.165, 1.54) is 6.07 Å². The summed E-state index contributed by atoms with van der Waals surface area (Å²) in [4.78, 5) is 20.3. The SMILES string of the molecule is CC(C)N1CCC(N2CCC(Oc3cccc(F)n3)C2)C1=O. The van der Waals surface area contributed by atoms with Crippen molar-refractivity contribution in [1.29, 1.82) is 0 Å². The lowest BCUT2D eigenvalue weighted by Crippen LogP contribution is -2.43. The number of rotatable bonds is 4. The van der Waals surface area contributed by atoms with Crippen molar-refractivity contribution in [3.63, 3.8) is 0 Å². The lowest BCUT2D eigenvalue weighted by molar-refractivity contribution is -0.133. The number of hydrogen-bond donors (Lipinski definition) is 0. The molecule has 1 aromatic heterocycles. The summed E-state index contributed by atoms with van der Waals surface area (Å²) in [5, 5.41) is 0. The van der Waals surface area contributed by atoms with Crippen LogP contribution < -0.4 is 4.74 Å². The average Bonchev–Trinajstić information content (AvgIpc) is 3.05. The number of halogens is 1. The summed E-state index contributed by atoms with van der Waals surface area (Å²) < 4.78 is 18.8. The van der Waals surface area contributed by atoms with E-state index in [0.29, 0.717) is 12.4 Å². The van der Waals surface area contributed by atoms with Crippen molar-refractivity contribution < 1.29 is 13.9 Å². The van der Waals surface area contributed by atoms with Crippen molar-refractivity contribution in [1.82, 2.24) is 14.8 Å². The number of likely N-dealkylation sites (tertiary alicyclic amines) is 2. The summed E-state index contributed by atoms with van der Waals surface area (Å²) in [7, 11) is 0. The standard InChI is InChI=1S/C16H22FN3O2/c1-11(2)20-9-7-13(16(20)21)19-8-6-12(10-19)22-15-5-3-4-14(17)18-15/h3-5,11-13H,6-10H2,1-2H3. The van der Waals surface area contributed by atoms with E-state index in [-0.39, 0.29) is 24.1 Å². The van der Waals surface area contributed by atoms with E-state index in [9.17, 15) is 9.18 Å². The molecule has 2 aliphatic rings. The van der Waals surface area contributed by atoms with E-state index in [2.05, 4.69) is 9.88 Å². The molecule has 6 heteroatoms. The van der Waals surface area contributed by atoms with Gasteiger partial charge in [0, 0.05) is 31.7 Å². The van der Waals surface area contributed by atoms with Crippen molar-refractivity contribution in [3.8, 4) is 5.88 Å². The first kappa shape index (κ1) is 15.2. The van der Waals surface area contributed by atoms with Crippen molar-refractivity contribution in [2.75, 3.05) is 19.6 Å². The Morgan fingerprint density at radius 3 is 2.82 bits per heavy atom. The first-order valence-corrected chi connectivity index (χ1v) is 7.88. The molecular weight excluding hydrogens is 285 g/mol. The van der Waals surface area contributed by atoms with Gasteiger partial charge in [-0.1, -0.05) is 6.07 Å². The van der Waals surface area contributed by atoms with Crippen LogP contribution in [0.1, 0.15) is 26.7 Å². The molecule has 0 aliphatic carbocycles. The van der Waals surface area contributed by atoms with Gasteiger partial charge in [0.05, 0.1) is 6.04 Å². The van der Waals surface area contributed by atoms with Gasteiger partial charge in [0.15, 0.2) is 0 Å². The third-order valence-electron chi connectivity index (χ3n) is 4.43. The van der Waals surface area contributed by atoms with Gasteiger partial charge in [-0.2, -0.15) is 9.37 Å². The molecule has 0 bridgehead atoms. The molecule has 1 aromatic rings. The Morgan fingerprint density at radius 1 is 1.32 bits per heavy atom. The quantitative estimate of drug-likeness (QED) is 0.794. The van der Waals surface area contributed by atoms with Gasteiger partial charge >= 0.3 is 0 Å². The molecule has 5 nitrogen and oxygen atoms in total. The number of hydrogen-bond acceptors (Lipinski definition) is 4. The summed E-state index contributed by atoms with van der Waals surface area (Å²) in [6.45, 7) is 6.45.